The van der Waals surface area contributed by atoms with Gasteiger partial charge in [0.05, 0.1) is 10.7 Å². The number of rotatable bonds is 8. The van der Waals surface area contributed by atoms with Crippen molar-refractivity contribution in [2.24, 2.45) is 4.99 Å². The number of hydrogen-bond donors (Lipinski definition) is 2. The first-order chi connectivity index (χ1) is 9.26. The van der Waals surface area contributed by atoms with Gasteiger partial charge in [-0.2, -0.15) is 11.8 Å². The van der Waals surface area contributed by atoms with Crippen LogP contribution in [0.1, 0.15) is 23.5 Å². The van der Waals surface area contributed by atoms with Crippen LogP contribution in [0.5, 0.6) is 0 Å². The van der Waals surface area contributed by atoms with Gasteiger partial charge in [-0.1, -0.05) is 0 Å². The van der Waals surface area contributed by atoms with E-state index in [1.54, 1.807) is 11.3 Å². The number of halogens is 1. The monoisotopic (exact) mass is 428 g/mol. The number of hydrogen-bond acceptors (Lipinski definition) is 4. The fourth-order valence-electron chi connectivity index (χ4n) is 1.63. The van der Waals surface area contributed by atoms with Gasteiger partial charge in [-0.3, -0.25) is 4.99 Å². The predicted molar refractivity (Wildman–Crippen MR) is 103 cm³/mol. The maximum Gasteiger partial charge on any atom is 0.190 e. The van der Waals surface area contributed by atoms with Gasteiger partial charge in [0.2, 0.25) is 0 Å². The van der Waals surface area contributed by atoms with Crippen LogP contribution in [0.15, 0.2) is 10.4 Å². The second kappa shape index (κ2) is 12.7. The van der Waals surface area contributed by atoms with E-state index < -0.39 is 0 Å². The molecule has 0 aliphatic carbocycles. The van der Waals surface area contributed by atoms with Crippen LogP contribution in [0.25, 0.3) is 0 Å². The van der Waals surface area contributed by atoms with Crippen molar-refractivity contribution in [1.29, 1.82) is 0 Å². The molecule has 0 unspecified atom stereocenters. The average molecular weight is 428 g/mol. The van der Waals surface area contributed by atoms with E-state index in [2.05, 4.69) is 32.2 Å². The van der Waals surface area contributed by atoms with E-state index in [1.165, 1.54) is 18.6 Å². The van der Waals surface area contributed by atoms with E-state index >= 15 is 0 Å². The first-order valence-corrected chi connectivity index (χ1v) is 8.88. The van der Waals surface area contributed by atoms with Gasteiger partial charge in [-0.15, -0.1) is 35.3 Å². The molecule has 2 N–H and O–H groups in total. The standard InChI is InChI=1S/C13H24N4S2.HI/c1-11-17-12(10-19-11)6-8-16-13(14-2)15-7-4-5-9-18-3;/h10H,4-9H2,1-3H3,(H2,14,15,16);1H. The summed E-state index contributed by atoms with van der Waals surface area (Å²) in [7, 11) is 1.81. The van der Waals surface area contributed by atoms with Crippen LogP contribution in [0.2, 0.25) is 0 Å². The summed E-state index contributed by atoms with van der Waals surface area (Å²) in [4.78, 5) is 8.66. The Kier molecular flexibility index (Phi) is 12.7. The first kappa shape index (κ1) is 20.0. The Labute approximate surface area is 147 Å². The lowest BCUT2D eigenvalue weighted by Gasteiger charge is -2.11. The zero-order chi connectivity index (χ0) is 13.9. The third kappa shape index (κ3) is 9.02. The predicted octanol–water partition coefficient (Wildman–Crippen LogP) is 2.92. The Balaban J connectivity index is 0.00000361. The lowest BCUT2D eigenvalue weighted by molar-refractivity contribution is 0.729. The molecule has 0 amide bonds. The fraction of sp³-hybridized carbons (Fsp3) is 0.692. The molecule has 0 spiro atoms. The van der Waals surface area contributed by atoms with Gasteiger partial charge < -0.3 is 10.6 Å². The van der Waals surface area contributed by atoms with Crippen molar-refractivity contribution in [3.8, 4) is 0 Å². The number of aryl methyl sites for hydroxylation is 1. The fourth-order valence-corrected chi connectivity index (χ4v) is 2.77. The van der Waals surface area contributed by atoms with Crippen LogP contribution >= 0.6 is 47.1 Å². The number of aliphatic imine (C=N–C) groups is 1. The van der Waals surface area contributed by atoms with Crippen LogP contribution in [-0.4, -0.2) is 43.1 Å². The number of aromatic nitrogens is 1. The molecular weight excluding hydrogens is 403 g/mol. The number of unbranched alkanes of at least 4 members (excludes halogenated alkanes) is 1. The molecule has 20 heavy (non-hydrogen) atoms. The second-order valence-corrected chi connectivity index (χ2v) is 6.28. The number of guanidine groups is 1. The molecule has 0 aliphatic rings. The van der Waals surface area contributed by atoms with E-state index in [1.807, 2.05) is 25.7 Å². The Morgan fingerprint density at radius 3 is 2.70 bits per heavy atom. The summed E-state index contributed by atoms with van der Waals surface area (Å²) in [6.45, 7) is 3.89. The molecule has 116 valence electrons. The highest BCUT2D eigenvalue weighted by Crippen LogP contribution is 2.07. The van der Waals surface area contributed by atoms with Gasteiger partial charge in [-0.05, 0) is 31.8 Å². The number of thioether (sulfide) groups is 1. The van der Waals surface area contributed by atoms with E-state index in [0.717, 1.165) is 36.2 Å². The molecule has 0 bridgehead atoms. The lowest BCUT2D eigenvalue weighted by atomic mass is 10.3. The highest BCUT2D eigenvalue weighted by Gasteiger charge is 2.00. The molecule has 1 rings (SSSR count). The van der Waals surface area contributed by atoms with Crippen molar-refractivity contribution >= 4 is 53.0 Å². The first-order valence-electron chi connectivity index (χ1n) is 6.60. The maximum absolute atomic E-state index is 4.45. The van der Waals surface area contributed by atoms with Crippen LogP contribution in [-0.2, 0) is 6.42 Å². The molecule has 0 saturated carbocycles. The minimum absolute atomic E-state index is 0. The third-order valence-electron chi connectivity index (χ3n) is 2.63. The van der Waals surface area contributed by atoms with Crippen molar-refractivity contribution < 1.29 is 0 Å². The van der Waals surface area contributed by atoms with E-state index in [4.69, 9.17) is 0 Å². The molecule has 1 aromatic rings. The van der Waals surface area contributed by atoms with Crippen LogP contribution in [0.4, 0.5) is 0 Å². The summed E-state index contributed by atoms with van der Waals surface area (Å²) < 4.78 is 0. The van der Waals surface area contributed by atoms with Crippen LogP contribution < -0.4 is 10.6 Å². The summed E-state index contributed by atoms with van der Waals surface area (Å²) in [6.07, 6.45) is 5.53. The minimum Gasteiger partial charge on any atom is -0.356 e. The van der Waals surface area contributed by atoms with Gasteiger partial charge in [-0.25, -0.2) is 4.98 Å². The smallest absolute Gasteiger partial charge is 0.190 e. The maximum atomic E-state index is 4.45. The lowest BCUT2D eigenvalue weighted by Crippen LogP contribution is -2.38. The summed E-state index contributed by atoms with van der Waals surface area (Å²) >= 11 is 3.60. The van der Waals surface area contributed by atoms with Crippen LogP contribution in [0.3, 0.4) is 0 Å². The largest absolute Gasteiger partial charge is 0.356 e. The molecule has 7 heteroatoms. The molecule has 0 aromatic carbocycles. The van der Waals surface area contributed by atoms with Gasteiger partial charge in [0.1, 0.15) is 0 Å². The van der Waals surface area contributed by atoms with E-state index in [9.17, 15) is 0 Å². The number of nitrogens with one attached hydrogen (secondary N) is 2. The van der Waals surface area contributed by atoms with Crippen molar-refractivity contribution in [3.05, 3.63) is 16.1 Å². The quantitative estimate of drug-likeness (QED) is 0.289. The average Bonchev–Trinajstić information content (AvgIpc) is 2.82. The zero-order valence-corrected chi connectivity index (χ0v) is 16.4. The molecule has 0 fully saturated rings. The molecule has 1 aromatic heterocycles. The summed E-state index contributed by atoms with van der Waals surface area (Å²) in [5.41, 5.74) is 1.16. The van der Waals surface area contributed by atoms with Crippen molar-refractivity contribution in [2.75, 3.05) is 32.1 Å². The molecular formula is C13H25IN4S2. The Bertz CT molecular complexity index is 382. The second-order valence-electron chi connectivity index (χ2n) is 4.23. The SMILES string of the molecule is CN=C(NCCCCSC)NCCc1csc(C)n1.I. The zero-order valence-electron chi connectivity index (χ0n) is 12.4. The van der Waals surface area contributed by atoms with Crippen molar-refractivity contribution in [3.63, 3.8) is 0 Å². The summed E-state index contributed by atoms with van der Waals surface area (Å²) in [5.74, 6) is 2.12. The number of nitrogens with zero attached hydrogens (tertiary/aromatic N) is 2. The molecule has 0 atom stereocenters. The highest BCUT2D eigenvalue weighted by atomic mass is 127. The van der Waals surface area contributed by atoms with Crippen molar-refractivity contribution in [2.45, 2.75) is 26.2 Å². The van der Waals surface area contributed by atoms with Gasteiger partial charge in [0.15, 0.2) is 5.96 Å². The molecule has 0 aliphatic heterocycles. The topological polar surface area (TPSA) is 49.3 Å². The molecule has 0 saturated heterocycles. The summed E-state index contributed by atoms with van der Waals surface area (Å²) in [6, 6.07) is 0. The van der Waals surface area contributed by atoms with Gasteiger partial charge in [0.25, 0.3) is 0 Å². The third-order valence-corrected chi connectivity index (χ3v) is 4.15. The molecule has 0 radical (unpaired) electrons. The minimum atomic E-state index is 0. The van der Waals surface area contributed by atoms with Crippen molar-refractivity contribution in [1.82, 2.24) is 15.6 Å². The van der Waals surface area contributed by atoms with Gasteiger partial charge >= 0.3 is 0 Å². The van der Waals surface area contributed by atoms with E-state index in [-0.39, 0.29) is 24.0 Å². The van der Waals surface area contributed by atoms with E-state index in [0.29, 0.717) is 0 Å². The van der Waals surface area contributed by atoms with Gasteiger partial charge in [0, 0.05) is 31.9 Å². The highest BCUT2D eigenvalue weighted by molar-refractivity contribution is 14.0. The molecule has 1 heterocycles. The normalized spacial score (nSPS) is 11.1. The Morgan fingerprint density at radius 2 is 2.10 bits per heavy atom. The Hall–Kier alpha value is -0.0200. The summed E-state index contributed by atoms with van der Waals surface area (Å²) in [5, 5.41) is 9.90. The van der Waals surface area contributed by atoms with Crippen LogP contribution in [0, 0.1) is 6.92 Å². The Morgan fingerprint density at radius 1 is 1.35 bits per heavy atom. The molecule has 4 nitrogen and oxygen atoms in total. The number of thiazole rings is 1.